The molecule has 1 unspecified atom stereocenters. The number of H-pyrrole nitrogens is 1. The third kappa shape index (κ3) is 2.06. The van der Waals surface area contributed by atoms with Gasteiger partial charge >= 0.3 is 0 Å². The number of hydrogen-bond acceptors (Lipinski definition) is 4. The molecular formula is C13H16N4OS. The highest BCUT2D eigenvalue weighted by Gasteiger charge is 2.32. The topological polar surface area (TPSA) is 61.9 Å². The van der Waals surface area contributed by atoms with Gasteiger partial charge in [-0.2, -0.15) is 0 Å². The summed E-state index contributed by atoms with van der Waals surface area (Å²) in [5.41, 5.74) is 1.29. The Hall–Kier alpha value is -1.69. The Morgan fingerprint density at radius 2 is 2.47 bits per heavy atom. The van der Waals surface area contributed by atoms with E-state index in [0.29, 0.717) is 5.82 Å². The summed E-state index contributed by atoms with van der Waals surface area (Å²) in [6.07, 6.45) is 1.84. The summed E-state index contributed by atoms with van der Waals surface area (Å²) >= 11 is 1.78. The van der Waals surface area contributed by atoms with Gasteiger partial charge in [-0.3, -0.25) is 9.89 Å². The minimum Gasteiger partial charge on any atom is -0.328 e. The molecule has 1 aliphatic heterocycles. The number of hydrogen-bond donors (Lipinski definition) is 1. The van der Waals surface area contributed by atoms with Gasteiger partial charge in [0, 0.05) is 11.4 Å². The largest absolute Gasteiger partial charge is 0.328 e. The molecule has 0 aliphatic carbocycles. The van der Waals surface area contributed by atoms with Crippen molar-refractivity contribution in [3.8, 4) is 0 Å². The van der Waals surface area contributed by atoms with Gasteiger partial charge < -0.3 is 4.90 Å². The highest BCUT2D eigenvalue weighted by atomic mass is 32.1. The molecule has 0 bridgehead atoms. The van der Waals surface area contributed by atoms with Crippen molar-refractivity contribution >= 4 is 17.2 Å². The Morgan fingerprint density at radius 1 is 1.63 bits per heavy atom. The zero-order valence-corrected chi connectivity index (χ0v) is 11.8. The predicted molar refractivity (Wildman–Crippen MR) is 73.2 cm³/mol. The molecule has 2 aromatic heterocycles. The van der Waals surface area contributed by atoms with Crippen molar-refractivity contribution in [2.75, 3.05) is 6.54 Å². The molecule has 1 atom stereocenters. The molecule has 5 nitrogen and oxygen atoms in total. The summed E-state index contributed by atoms with van der Waals surface area (Å²) in [5.74, 6) is 0.868. The Kier molecular flexibility index (Phi) is 3.10. The van der Waals surface area contributed by atoms with Crippen molar-refractivity contribution in [1.82, 2.24) is 20.1 Å². The molecule has 0 aromatic carbocycles. The van der Waals surface area contributed by atoms with Gasteiger partial charge in [0.1, 0.15) is 5.82 Å². The second-order valence-corrected chi connectivity index (χ2v) is 5.72. The van der Waals surface area contributed by atoms with Gasteiger partial charge in [0.05, 0.1) is 6.04 Å². The maximum absolute atomic E-state index is 12.5. The van der Waals surface area contributed by atoms with Gasteiger partial charge in [-0.15, -0.1) is 16.4 Å². The summed E-state index contributed by atoms with van der Waals surface area (Å²) in [6, 6.07) is 2.29. The summed E-state index contributed by atoms with van der Waals surface area (Å²) < 4.78 is 0. The highest BCUT2D eigenvalue weighted by molar-refractivity contribution is 7.10. The molecule has 0 saturated heterocycles. The number of aromatic nitrogens is 3. The van der Waals surface area contributed by atoms with E-state index >= 15 is 0 Å². The SMILES string of the molecule is CCC1c2ccsc2CCN1C(=O)c1n[nH]c(C)n1. The molecule has 0 fully saturated rings. The maximum atomic E-state index is 12.5. The second-order valence-electron chi connectivity index (χ2n) is 4.72. The van der Waals surface area contributed by atoms with E-state index in [1.807, 2.05) is 4.90 Å². The molecule has 19 heavy (non-hydrogen) atoms. The van der Waals surface area contributed by atoms with Gasteiger partial charge in [0.25, 0.3) is 5.91 Å². The zero-order chi connectivity index (χ0) is 13.4. The summed E-state index contributed by atoms with van der Waals surface area (Å²) in [4.78, 5) is 19.9. The molecule has 1 N–H and O–H groups in total. The van der Waals surface area contributed by atoms with Crippen LogP contribution in [0.1, 0.15) is 46.3 Å². The molecule has 0 saturated carbocycles. The van der Waals surface area contributed by atoms with Gasteiger partial charge in [-0.05, 0) is 36.8 Å². The standard InChI is InChI=1S/C13H16N4OS/c1-3-10-9-5-7-19-11(9)4-6-17(10)13(18)12-14-8(2)15-16-12/h5,7,10H,3-4,6H2,1-2H3,(H,14,15,16). The number of fused-ring (bicyclic) bond motifs is 1. The smallest absolute Gasteiger partial charge is 0.294 e. The molecule has 6 heteroatoms. The fraction of sp³-hybridized carbons (Fsp3) is 0.462. The van der Waals surface area contributed by atoms with E-state index in [4.69, 9.17) is 0 Å². The Morgan fingerprint density at radius 3 is 3.16 bits per heavy atom. The predicted octanol–water partition coefficient (Wildman–Crippen LogP) is 2.32. The van der Waals surface area contributed by atoms with Crippen molar-refractivity contribution in [2.45, 2.75) is 32.7 Å². The average Bonchev–Trinajstić information content (AvgIpc) is 3.04. The van der Waals surface area contributed by atoms with Crippen molar-refractivity contribution < 1.29 is 4.79 Å². The molecule has 3 heterocycles. The van der Waals surface area contributed by atoms with Crippen LogP contribution in [0.2, 0.25) is 0 Å². The molecular weight excluding hydrogens is 260 g/mol. The lowest BCUT2D eigenvalue weighted by atomic mass is 9.98. The fourth-order valence-corrected chi connectivity index (χ4v) is 3.57. The van der Waals surface area contributed by atoms with Gasteiger partial charge in [0.15, 0.2) is 0 Å². The van der Waals surface area contributed by atoms with E-state index in [9.17, 15) is 4.79 Å². The number of nitrogens with zero attached hydrogens (tertiary/aromatic N) is 3. The van der Waals surface area contributed by atoms with Crippen LogP contribution in [0.5, 0.6) is 0 Å². The van der Waals surface area contributed by atoms with Crippen molar-refractivity contribution in [3.05, 3.63) is 33.5 Å². The number of amides is 1. The number of thiophene rings is 1. The van der Waals surface area contributed by atoms with E-state index < -0.39 is 0 Å². The lowest BCUT2D eigenvalue weighted by Gasteiger charge is -2.34. The van der Waals surface area contributed by atoms with Crippen LogP contribution in [0.25, 0.3) is 0 Å². The van der Waals surface area contributed by atoms with Crippen LogP contribution in [0, 0.1) is 6.92 Å². The first-order valence-electron chi connectivity index (χ1n) is 6.47. The molecule has 2 aromatic rings. The second kappa shape index (κ2) is 4.77. The summed E-state index contributed by atoms with van der Waals surface area (Å²) in [7, 11) is 0. The first-order chi connectivity index (χ1) is 9.20. The summed E-state index contributed by atoms with van der Waals surface area (Å²) in [6.45, 7) is 4.66. The van der Waals surface area contributed by atoms with Gasteiger partial charge in [-0.25, -0.2) is 4.98 Å². The van der Waals surface area contributed by atoms with E-state index in [2.05, 4.69) is 33.6 Å². The van der Waals surface area contributed by atoms with E-state index in [1.165, 1.54) is 10.4 Å². The van der Waals surface area contributed by atoms with Crippen LogP contribution in [-0.2, 0) is 6.42 Å². The van der Waals surface area contributed by atoms with Crippen LogP contribution < -0.4 is 0 Å². The first kappa shape index (κ1) is 12.3. The van der Waals surface area contributed by atoms with Crippen LogP contribution in [0.15, 0.2) is 11.4 Å². The van der Waals surface area contributed by atoms with E-state index in [0.717, 1.165) is 19.4 Å². The normalized spacial score (nSPS) is 18.4. The van der Waals surface area contributed by atoms with Gasteiger partial charge in [-0.1, -0.05) is 6.92 Å². The number of carbonyl (C=O) groups is 1. The quantitative estimate of drug-likeness (QED) is 0.915. The molecule has 3 rings (SSSR count). The van der Waals surface area contributed by atoms with Crippen LogP contribution in [0.4, 0.5) is 0 Å². The third-order valence-corrected chi connectivity index (χ3v) is 4.53. The molecule has 0 spiro atoms. The van der Waals surface area contributed by atoms with Crippen LogP contribution >= 0.6 is 11.3 Å². The fourth-order valence-electron chi connectivity index (χ4n) is 2.65. The molecule has 0 radical (unpaired) electrons. The zero-order valence-electron chi connectivity index (χ0n) is 11.0. The highest BCUT2D eigenvalue weighted by Crippen LogP contribution is 2.35. The lowest BCUT2D eigenvalue weighted by molar-refractivity contribution is 0.0645. The van der Waals surface area contributed by atoms with E-state index in [1.54, 1.807) is 18.3 Å². The number of aromatic amines is 1. The molecule has 100 valence electrons. The monoisotopic (exact) mass is 276 g/mol. The maximum Gasteiger partial charge on any atom is 0.294 e. The minimum absolute atomic E-state index is 0.0759. The number of aryl methyl sites for hydroxylation is 1. The number of rotatable bonds is 2. The Labute approximate surface area is 115 Å². The Balaban J connectivity index is 1.91. The molecule has 1 aliphatic rings. The minimum atomic E-state index is -0.0759. The molecule has 1 amide bonds. The van der Waals surface area contributed by atoms with E-state index in [-0.39, 0.29) is 17.8 Å². The number of nitrogens with one attached hydrogen (secondary N) is 1. The van der Waals surface area contributed by atoms with Crippen LogP contribution in [-0.4, -0.2) is 32.5 Å². The van der Waals surface area contributed by atoms with Crippen molar-refractivity contribution in [3.63, 3.8) is 0 Å². The first-order valence-corrected chi connectivity index (χ1v) is 7.35. The number of carbonyl (C=O) groups excluding carboxylic acids is 1. The van der Waals surface area contributed by atoms with Crippen molar-refractivity contribution in [2.24, 2.45) is 0 Å². The summed E-state index contributed by atoms with van der Waals surface area (Å²) in [5, 5.41) is 8.82. The third-order valence-electron chi connectivity index (χ3n) is 3.53. The van der Waals surface area contributed by atoms with Gasteiger partial charge in [0.2, 0.25) is 5.82 Å². The Bertz CT molecular complexity index is 603. The lowest BCUT2D eigenvalue weighted by Crippen LogP contribution is -2.39. The van der Waals surface area contributed by atoms with Crippen molar-refractivity contribution in [1.29, 1.82) is 0 Å². The average molecular weight is 276 g/mol. The van der Waals surface area contributed by atoms with Crippen LogP contribution in [0.3, 0.4) is 0 Å².